The minimum atomic E-state index is -0.0989. The minimum Gasteiger partial charge on any atom is -0.198 e. The third-order valence-corrected chi connectivity index (χ3v) is 5.13. The summed E-state index contributed by atoms with van der Waals surface area (Å²) in [5.74, 6) is 0.619. The molecule has 0 heterocycles. The van der Waals surface area contributed by atoms with E-state index in [0.717, 1.165) is 25.7 Å². The Labute approximate surface area is 147 Å². The van der Waals surface area contributed by atoms with Gasteiger partial charge in [0, 0.05) is 0 Å². The Morgan fingerprint density at radius 1 is 0.875 bits per heavy atom. The van der Waals surface area contributed by atoms with Crippen LogP contribution in [-0.2, 0) is 0 Å². The molecule has 0 saturated heterocycles. The molecule has 0 atom stereocenters. The van der Waals surface area contributed by atoms with E-state index in [2.05, 4.69) is 68.4 Å². The molecule has 0 spiro atoms. The topological polar surface area (TPSA) is 23.8 Å². The second kappa shape index (κ2) is 8.15. The zero-order valence-corrected chi connectivity index (χ0v) is 15.5. The molecule has 1 aliphatic carbocycles. The van der Waals surface area contributed by atoms with Crippen molar-refractivity contribution in [3.8, 4) is 17.2 Å². The number of nitriles is 1. The minimum absolute atomic E-state index is 0.0989. The van der Waals surface area contributed by atoms with E-state index >= 15 is 0 Å². The SMILES string of the molecule is CC.Cc1ccc(-c2ccc(C3CCC(C)(C#N)CC3)cc2)cc1. The number of benzene rings is 2. The fraction of sp³-hybridized carbons (Fsp3) is 0.435. The zero-order valence-electron chi connectivity index (χ0n) is 15.5. The molecule has 0 bridgehead atoms. The average molecular weight is 319 g/mol. The van der Waals surface area contributed by atoms with Crippen molar-refractivity contribution < 1.29 is 0 Å². The molecule has 126 valence electrons. The predicted octanol–water partition coefficient (Wildman–Crippen LogP) is 6.88. The smallest absolute Gasteiger partial charge is 0.0686 e. The number of nitrogens with zero attached hydrogens (tertiary/aromatic N) is 1. The molecule has 2 aromatic rings. The van der Waals surface area contributed by atoms with Crippen molar-refractivity contribution in [2.75, 3.05) is 0 Å². The summed E-state index contributed by atoms with van der Waals surface area (Å²) < 4.78 is 0. The first-order valence-electron chi connectivity index (χ1n) is 9.18. The largest absolute Gasteiger partial charge is 0.198 e. The van der Waals surface area contributed by atoms with Gasteiger partial charge in [-0.1, -0.05) is 67.9 Å². The molecule has 1 fully saturated rings. The van der Waals surface area contributed by atoms with Crippen molar-refractivity contribution in [3.05, 3.63) is 59.7 Å². The van der Waals surface area contributed by atoms with E-state index in [1.807, 2.05) is 13.8 Å². The van der Waals surface area contributed by atoms with E-state index in [9.17, 15) is 5.26 Å². The molecule has 24 heavy (non-hydrogen) atoms. The van der Waals surface area contributed by atoms with E-state index in [-0.39, 0.29) is 5.41 Å². The van der Waals surface area contributed by atoms with Crippen LogP contribution in [0.25, 0.3) is 11.1 Å². The molecule has 3 rings (SSSR count). The van der Waals surface area contributed by atoms with Crippen molar-refractivity contribution >= 4 is 0 Å². The number of hydrogen-bond donors (Lipinski definition) is 0. The average Bonchev–Trinajstić information content (AvgIpc) is 2.65. The van der Waals surface area contributed by atoms with Crippen LogP contribution >= 0.6 is 0 Å². The standard InChI is InChI=1S/C21H23N.C2H6/c1-16-3-5-17(6-4-16)18-7-9-19(10-8-18)20-11-13-21(2,15-22)14-12-20;1-2/h3-10,20H,11-14H2,1-2H3;1-2H3. The molecule has 0 aromatic heterocycles. The first kappa shape index (κ1) is 18.3. The maximum Gasteiger partial charge on any atom is 0.0686 e. The summed E-state index contributed by atoms with van der Waals surface area (Å²) in [6, 6.07) is 20.2. The van der Waals surface area contributed by atoms with Crippen molar-refractivity contribution in [1.29, 1.82) is 5.26 Å². The summed E-state index contributed by atoms with van der Waals surface area (Å²) in [6.07, 6.45) is 4.31. The number of rotatable bonds is 2. The van der Waals surface area contributed by atoms with Gasteiger partial charge in [-0.2, -0.15) is 5.26 Å². The molecule has 0 amide bonds. The first-order valence-corrected chi connectivity index (χ1v) is 9.18. The van der Waals surface area contributed by atoms with Gasteiger partial charge in [0.15, 0.2) is 0 Å². The molecule has 0 radical (unpaired) electrons. The Morgan fingerprint density at radius 3 is 1.79 bits per heavy atom. The van der Waals surface area contributed by atoms with Gasteiger partial charge in [-0.3, -0.25) is 0 Å². The van der Waals surface area contributed by atoms with Gasteiger partial charge in [0.25, 0.3) is 0 Å². The van der Waals surface area contributed by atoms with Crippen molar-refractivity contribution in [3.63, 3.8) is 0 Å². The van der Waals surface area contributed by atoms with Crippen molar-refractivity contribution in [1.82, 2.24) is 0 Å². The van der Waals surface area contributed by atoms with E-state index in [1.54, 1.807) is 0 Å². The van der Waals surface area contributed by atoms with Crippen LogP contribution in [-0.4, -0.2) is 0 Å². The maximum absolute atomic E-state index is 9.24. The molecule has 1 nitrogen and oxygen atoms in total. The van der Waals surface area contributed by atoms with Crippen LogP contribution in [0, 0.1) is 23.7 Å². The van der Waals surface area contributed by atoms with E-state index < -0.39 is 0 Å². The lowest BCUT2D eigenvalue weighted by atomic mass is 9.71. The molecular weight excluding hydrogens is 290 g/mol. The van der Waals surface area contributed by atoms with Crippen LogP contribution in [0.15, 0.2) is 48.5 Å². The summed E-state index contributed by atoms with van der Waals surface area (Å²) in [6.45, 7) is 8.22. The van der Waals surface area contributed by atoms with Gasteiger partial charge in [0.2, 0.25) is 0 Å². The highest BCUT2D eigenvalue weighted by atomic mass is 14.4. The lowest BCUT2D eigenvalue weighted by molar-refractivity contribution is 0.270. The van der Waals surface area contributed by atoms with Gasteiger partial charge < -0.3 is 0 Å². The first-order chi connectivity index (χ1) is 11.6. The van der Waals surface area contributed by atoms with E-state index in [4.69, 9.17) is 0 Å². The Balaban J connectivity index is 0.00000100. The van der Waals surface area contributed by atoms with Gasteiger partial charge in [-0.15, -0.1) is 0 Å². The molecule has 1 heteroatoms. The van der Waals surface area contributed by atoms with E-state index in [0.29, 0.717) is 5.92 Å². The normalized spacial score (nSPS) is 22.9. The van der Waals surface area contributed by atoms with Crippen molar-refractivity contribution in [2.45, 2.75) is 59.3 Å². The van der Waals surface area contributed by atoms with Crippen LogP contribution < -0.4 is 0 Å². The molecule has 0 unspecified atom stereocenters. The Bertz CT molecular complexity index is 665. The highest BCUT2D eigenvalue weighted by Gasteiger charge is 2.31. The van der Waals surface area contributed by atoms with Crippen LogP contribution in [0.5, 0.6) is 0 Å². The van der Waals surface area contributed by atoms with Gasteiger partial charge in [0.1, 0.15) is 0 Å². The second-order valence-corrected chi connectivity index (χ2v) is 6.93. The van der Waals surface area contributed by atoms with Gasteiger partial charge in [-0.05, 0) is 62.1 Å². The lowest BCUT2D eigenvalue weighted by Crippen LogP contribution is -2.21. The van der Waals surface area contributed by atoms with Crippen LogP contribution in [0.4, 0.5) is 0 Å². The Hall–Kier alpha value is -2.07. The summed E-state index contributed by atoms with van der Waals surface area (Å²) in [5.41, 5.74) is 5.18. The number of aryl methyl sites for hydroxylation is 1. The van der Waals surface area contributed by atoms with Gasteiger partial charge in [-0.25, -0.2) is 0 Å². The molecule has 1 saturated carbocycles. The fourth-order valence-corrected chi connectivity index (χ4v) is 3.39. The highest BCUT2D eigenvalue weighted by molar-refractivity contribution is 5.64. The summed E-state index contributed by atoms with van der Waals surface area (Å²) >= 11 is 0. The zero-order chi connectivity index (χ0) is 17.6. The quantitative estimate of drug-likeness (QED) is 0.592. The number of hydrogen-bond acceptors (Lipinski definition) is 1. The Morgan fingerprint density at radius 2 is 1.33 bits per heavy atom. The van der Waals surface area contributed by atoms with Crippen LogP contribution in [0.3, 0.4) is 0 Å². The highest BCUT2D eigenvalue weighted by Crippen LogP contribution is 2.42. The van der Waals surface area contributed by atoms with Crippen molar-refractivity contribution in [2.24, 2.45) is 5.41 Å². The third kappa shape index (κ3) is 4.26. The monoisotopic (exact) mass is 319 g/mol. The van der Waals surface area contributed by atoms with Crippen LogP contribution in [0.1, 0.15) is 63.5 Å². The van der Waals surface area contributed by atoms with Gasteiger partial charge in [0.05, 0.1) is 11.5 Å². The molecular formula is C23H29N. The summed E-state index contributed by atoms with van der Waals surface area (Å²) in [7, 11) is 0. The second-order valence-electron chi connectivity index (χ2n) is 6.93. The Kier molecular flexibility index (Phi) is 6.21. The summed E-state index contributed by atoms with van der Waals surface area (Å²) in [4.78, 5) is 0. The predicted molar refractivity (Wildman–Crippen MR) is 103 cm³/mol. The molecule has 0 aliphatic heterocycles. The maximum atomic E-state index is 9.24. The van der Waals surface area contributed by atoms with E-state index in [1.165, 1.54) is 22.3 Å². The fourth-order valence-electron chi connectivity index (χ4n) is 3.39. The molecule has 0 N–H and O–H groups in total. The summed E-state index contributed by atoms with van der Waals surface area (Å²) in [5, 5.41) is 9.24. The van der Waals surface area contributed by atoms with Crippen LogP contribution in [0.2, 0.25) is 0 Å². The molecule has 2 aromatic carbocycles. The third-order valence-electron chi connectivity index (χ3n) is 5.13. The van der Waals surface area contributed by atoms with Gasteiger partial charge >= 0.3 is 0 Å². The lowest BCUT2D eigenvalue weighted by Gasteiger charge is -2.32. The molecule has 1 aliphatic rings.